The van der Waals surface area contributed by atoms with Crippen LogP contribution in [0.3, 0.4) is 0 Å². The number of benzene rings is 2. The maximum absolute atomic E-state index is 13.4. The van der Waals surface area contributed by atoms with Crippen LogP contribution in [0.1, 0.15) is 27.7 Å². The average Bonchev–Trinajstić information content (AvgIpc) is 3.09. The summed E-state index contributed by atoms with van der Waals surface area (Å²) in [5.74, 6) is -1.42. The average molecular weight is 480 g/mol. The lowest BCUT2D eigenvalue weighted by atomic mass is 10.1. The van der Waals surface area contributed by atoms with Crippen molar-refractivity contribution in [3.05, 3.63) is 80.7 Å². The lowest BCUT2D eigenvalue weighted by Gasteiger charge is -2.12. The zero-order chi connectivity index (χ0) is 24.4. The fourth-order valence-electron chi connectivity index (χ4n) is 3.63. The molecular formula is C25H22FN3O4S. The van der Waals surface area contributed by atoms with Crippen LogP contribution < -0.4 is 10.9 Å². The summed E-state index contributed by atoms with van der Waals surface area (Å²) >= 11 is 1.27. The summed E-state index contributed by atoms with van der Waals surface area (Å²) in [6.45, 7) is 5.20. The lowest BCUT2D eigenvalue weighted by Crippen LogP contribution is -2.30. The highest BCUT2D eigenvalue weighted by Crippen LogP contribution is 2.33. The van der Waals surface area contributed by atoms with Crippen molar-refractivity contribution in [3.8, 4) is 11.3 Å². The van der Waals surface area contributed by atoms with Crippen LogP contribution in [0.15, 0.2) is 53.3 Å². The first-order valence-electron chi connectivity index (χ1n) is 10.6. The molecule has 0 atom stereocenters. The van der Waals surface area contributed by atoms with Crippen LogP contribution >= 0.6 is 11.3 Å². The normalized spacial score (nSPS) is 10.9. The Balaban J connectivity index is 1.71. The largest absolute Gasteiger partial charge is 0.462 e. The Kier molecular flexibility index (Phi) is 6.56. The second-order valence-electron chi connectivity index (χ2n) is 7.62. The van der Waals surface area contributed by atoms with Crippen molar-refractivity contribution >= 4 is 39.0 Å². The van der Waals surface area contributed by atoms with E-state index in [4.69, 9.17) is 4.74 Å². The molecule has 0 spiro atoms. The maximum Gasteiger partial charge on any atom is 0.341 e. The van der Waals surface area contributed by atoms with Gasteiger partial charge in [0.25, 0.3) is 5.56 Å². The van der Waals surface area contributed by atoms with Crippen molar-refractivity contribution in [1.82, 2.24) is 9.78 Å². The molecule has 2 aromatic heterocycles. The van der Waals surface area contributed by atoms with Crippen LogP contribution in [-0.4, -0.2) is 28.3 Å². The Morgan fingerprint density at radius 3 is 2.44 bits per heavy atom. The number of hydrogen-bond donors (Lipinski definition) is 1. The van der Waals surface area contributed by atoms with Gasteiger partial charge in [-0.05, 0) is 56.7 Å². The minimum atomic E-state index is -0.515. The van der Waals surface area contributed by atoms with Crippen LogP contribution in [0, 0.1) is 19.7 Å². The number of halogens is 1. The highest BCUT2D eigenvalue weighted by atomic mass is 32.1. The SMILES string of the molecule is CCOC(=O)c1c(NC(=O)Cn2nc(-c3ccc(F)cc3)c3ccccc3c2=O)sc(C)c1C. The third-order valence-corrected chi connectivity index (χ3v) is 6.52. The van der Waals surface area contributed by atoms with Gasteiger partial charge in [0.05, 0.1) is 23.3 Å². The van der Waals surface area contributed by atoms with E-state index in [2.05, 4.69) is 10.4 Å². The number of ether oxygens (including phenoxy) is 1. The van der Waals surface area contributed by atoms with Gasteiger partial charge in [0.15, 0.2) is 0 Å². The molecule has 174 valence electrons. The van der Waals surface area contributed by atoms with Crippen molar-refractivity contribution < 1.29 is 18.7 Å². The van der Waals surface area contributed by atoms with E-state index in [9.17, 15) is 18.8 Å². The molecule has 0 fully saturated rings. The molecule has 0 saturated heterocycles. The van der Waals surface area contributed by atoms with Crippen molar-refractivity contribution in [3.63, 3.8) is 0 Å². The van der Waals surface area contributed by atoms with E-state index in [1.54, 1.807) is 50.2 Å². The number of rotatable bonds is 6. The van der Waals surface area contributed by atoms with Crippen molar-refractivity contribution in [2.75, 3.05) is 11.9 Å². The molecule has 1 N–H and O–H groups in total. The molecule has 2 aromatic carbocycles. The van der Waals surface area contributed by atoms with Gasteiger partial charge in [-0.1, -0.05) is 18.2 Å². The summed E-state index contributed by atoms with van der Waals surface area (Å²) in [6.07, 6.45) is 0. The number of anilines is 1. The van der Waals surface area contributed by atoms with Gasteiger partial charge < -0.3 is 10.1 Å². The molecule has 0 aliphatic heterocycles. The number of thiophene rings is 1. The molecular weight excluding hydrogens is 457 g/mol. The summed E-state index contributed by atoms with van der Waals surface area (Å²) in [7, 11) is 0. The van der Waals surface area contributed by atoms with E-state index < -0.39 is 17.4 Å². The second-order valence-corrected chi connectivity index (χ2v) is 8.84. The number of fused-ring (bicyclic) bond motifs is 1. The Morgan fingerprint density at radius 1 is 1.09 bits per heavy atom. The Morgan fingerprint density at radius 2 is 1.76 bits per heavy atom. The van der Waals surface area contributed by atoms with Gasteiger partial charge in [0.1, 0.15) is 17.4 Å². The smallest absolute Gasteiger partial charge is 0.341 e. The summed E-state index contributed by atoms with van der Waals surface area (Å²) in [5, 5.41) is 8.51. The zero-order valence-corrected chi connectivity index (χ0v) is 19.7. The van der Waals surface area contributed by atoms with Crippen LogP contribution in [0.5, 0.6) is 0 Å². The predicted octanol–water partition coefficient (Wildman–Crippen LogP) is 4.70. The molecule has 0 aliphatic rings. The Hall–Kier alpha value is -3.85. The molecule has 7 nitrogen and oxygen atoms in total. The molecule has 0 aliphatic carbocycles. The molecule has 2 heterocycles. The van der Waals surface area contributed by atoms with Gasteiger partial charge in [-0.2, -0.15) is 5.10 Å². The third-order valence-electron chi connectivity index (χ3n) is 5.40. The Labute approximate surface area is 198 Å². The zero-order valence-electron chi connectivity index (χ0n) is 18.8. The second kappa shape index (κ2) is 9.56. The van der Waals surface area contributed by atoms with Gasteiger partial charge in [0, 0.05) is 15.8 Å². The number of amides is 1. The molecule has 4 rings (SSSR count). The van der Waals surface area contributed by atoms with Gasteiger partial charge in [0.2, 0.25) is 5.91 Å². The fraction of sp³-hybridized carbons (Fsp3) is 0.200. The highest BCUT2D eigenvalue weighted by molar-refractivity contribution is 7.16. The van der Waals surface area contributed by atoms with E-state index >= 15 is 0 Å². The van der Waals surface area contributed by atoms with Crippen molar-refractivity contribution in [1.29, 1.82) is 0 Å². The minimum Gasteiger partial charge on any atom is -0.462 e. The van der Waals surface area contributed by atoms with Crippen molar-refractivity contribution in [2.45, 2.75) is 27.3 Å². The van der Waals surface area contributed by atoms with Crippen molar-refractivity contribution in [2.24, 2.45) is 0 Å². The summed E-state index contributed by atoms with van der Waals surface area (Å²) < 4.78 is 19.6. The number of esters is 1. The van der Waals surface area contributed by atoms with Crippen LogP contribution in [-0.2, 0) is 16.1 Å². The first-order chi connectivity index (χ1) is 16.3. The number of nitrogens with zero attached hydrogens (tertiary/aromatic N) is 2. The van der Waals surface area contributed by atoms with Gasteiger partial charge in [-0.25, -0.2) is 13.9 Å². The first-order valence-corrected chi connectivity index (χ1v) is 11.4. The quantitative estimate of drug-likeness (QED) is 0.405. The maximum atomic E-state index is 13.4. The number of carbonyl (C=O) groups is 2. The number of nitrogens with one attached hydrogen (secondary N) is 1. The molecule has 1 amide bonds. The highest BCUT2D eigenvalue weighted by Gasteiger charge is 2.23. The summed E-state index contributed by atoms with van der Waals surface area (Å²) in [5.41, 5.74) is 1.68. The topological polar surface area (TPSA) is 90.3 Å². The molecule has 9 heteroatoms. The van der Waals surface area contributed by atoms with Gasteiger partial charge in [-0.15, -0.1) is 11.3 Å². The molecule has 0 radical (unpaired) electrons. The molecule has 4 aromatic rings. The third kappa shape index (κ3) is 4.47. The molecule has 0 saturated carbocycles. The lowest BCUT2D eigenvalue weighted by molar-refractivity contribution is -0.116. The molecule has 34 heavy (non-hydrogen) atoms. The van der Waals surface area contributed by atoms with E-state index in [-0.39, 0.29) is 19.0 Å². The summed E-state index contributed by atoms with van der Waals surface area (Å²) in [6, 6.07) is 12.7. The number of carbonyl (C=O) groups excluding carboxylic acids is 2. The van der Waals surface area contributed by atoms with Crippen LogP contribution in [0.25, 0.3) is 22.0 Å². The Bertz CT molecular complexity index is 1460. The predicted molar refractivity (Wildman–Crippen MR) is 130 cm³/mol. The van der Waals surface area contributed by atoms with E-state index in [1.807, 2.05) is 6.92 Å². The van der Waals surface area contributed by atoms with Crippen LogP contribution in [0.2, 0.25) is 0 Å². The van der Waals surface area contributed by atoms with E-state index in [1.165, 1.54) is 23.5 Å². The van der Waals surface area contributed by atoms with Gasteiger partial charge in [-0.3, -0.25) is 9.59 Å². The number of aryl methyl sites for hydroxylation is 1. The standard InChI is InChI=1S/C25H22FN3O4S/c1-4-33-25(32)21-14(2)15(3)34-23(21)27-20(30)13-29-24(31)19-8-6-5-7-18(19)22(28-29)16-9-11-17(26)12-10-16/h5-12H,4,13H2,1-3H3,(H,27,30). The fourth-order valence-corrected chi connectivity index (χ4v) is 4.69. The van der Waals surface area contributed by atoms with Gasteiger partial charge >= 0.3 is 5.97 Å². The number of aromatic nitrogens is 2. The van der Waals surface area contributed by atoms with Crippen LogP contribution in [0.4, 0.5) is 9.39 Å². The first kappa shape index (κ1) is 23.3. The van der Waals surface area contributed by atoms with E-state index in [0.29, 0.717) is 32.6 Å². The number of hydrogen-bond acceptors (Lipinski definition) is 6. The monoisotopic (exact) mass is 479 g/mol. The minimum absolute atomic E-state index is 0.211. The molecule has 0 bridgehead atoms. The summed E-state index contributed by atoms with van der Waals surface area (Å²) in [4.78, 5) is 39.2. The molecule has 0 unspecified atom stereocenters. The van der Waals surface area contributed by atoms with E-state index in [0.717, 1.165) is 15.1 Å².